The SMILES string of the molecule is COc1ccc(C2(C#N)CCN(CC(F)(F)C(F)(F)F)CC2)c(N2CCC(COc3cc(C(CC(=O)O)C4CC4)ccn3)CC2)c1. The molecule has 0 bridgehead atoms. The van der Waals surface area contributed by atoms with Crippen molar-refractivity contribution in [2.75, 3.05) is 51.3 Å². The molecule has 5 rings (SSSR count). The topological polar surface area (TPSA) is 98.9 Å². The lowest BCUT2D eigenvalue weighted by molar-refractivity contribution is -0.287. The molecule has 8 nitrogen and oxygen atoms in total. The normalized spacial score (nSPS) is 20.2. The highest BCUT2D eigenvalue weighted by Gasteiger charge is 2.58. The summed E-state index contributed by atoms with van der Waals surface area (Å²) in [5.74, 6) is -4.01. The van der Waals surface area contributed by atoms with Crippen LogP contribution < -0.4 is 14.4 Å². The van der Waals surface area contributed by atoms with E-state index in [4.69, 9.17) is 9.47 Å². The van der Waals surface area contributed by atoms with Crippen LogP contribution in [0.1, 0.15) is 62.0 Å². The van der Waals surface area contributed by atoms with Crippen LogP contribution in [0.5, 0.6) is 11.6 Å². The quantitative estimate of drug-likeness (QED) is 0.263. The second-order valence-corrected chi connectivity index (χ2v) is 12.8. The van der Waals surface area contributed by atoms with Gasteiger partial charge in [-0.1, -0.05) is 6.07 Å². The van der Waals surface area contributed by atoms with Crippen LogP contribution in [0.3, 0.4) is 0 Å². The first kappa shape index (κ1) is 33.7. The minimum atomic E-state index is -5.63. The van der Waals surface area contributed by atoms with Gasteiger partial charge in [-0.3, -0.25) is 9.69 Å². The highest BCUT2D eigenvalue weighted by atomic mass is 19.4. The number of carboxylic acids is 1. The Morgan fingerprint density at radius 3 is 2.37 bits per heavy atom. The van der Waals surface area contributed by atoms with Crippen LogP contribution in [-0.4, -0.2) is 79.5 Å². The van der Waals surface area contributed by atoms with Gasteiger partial charge >= 0.3 is 18.1 Å². The fourth-order valence-electron chi connectivity index (χ4n) is 6.73. The van der Waals surface area contributed by atoms with E-state index in [2.05, 4.69) is 16.0 Å². The smallest absolute Gasteiger partial charge is 0.454 e. The number of aromatic nitrogens is 1. The van der Waals surface area contributed by atoms with Crippen LogP contribution in [-0.2, 0) is 10.2 Å². The van der Waals surface area contributed by atoms with E-state index in [1.807, 2.05) is 24.3 Å². The molecule has 1 atom stereocenters. The maximum atomic E-state index is 13.7. The number of alkyl halides is 5. The number of pyridine rings is 1. The van der Waals surface area contributed by atoms with E-state index in [0.29, 0.717) is 37.2 Å². The average molecular weight is 651 g/mol. The van der Waals surface area contributed by atoms with E-state index in [-0.39, 0.29) is 44.2 Å². The van der Waals surface area contributed by atoms with E-state index in [0.717, 1.165) is 47.4 Å². The van der Waals surface area contributed by atoms with E-state index < -0.39 is 30.0 Å². The van der Waals surface area contributed by atoms with Gasteiger partial charge in [0.05, 0.1) is 38.2 Å². The molecule has 3 aliphatic rings. The molecule has 2 aliphatic heterocycles. The van der Waals surface area contributed by atoms with Gasteiger partial charge < -0.3 is 19.5 Å². The zero-order chi connectivity index (χ0) is 33.1. The van der Waals surface area contributed by atoms with Crippen molar-refractivity contribution in [2.45, 2.75) is 68.4 Å². The number of hydrogen-bond donors (Lipinski definition) is 1. The van der Waals surface area contributed by atoms with Gasteiger partial charge in [0.25, 0.3) is 0 Å². The van der Waals surface area contributed by atoms with Crippen molar-refractivity contribution in [1.82, 2.24) is 9.88 Å². The van der Waals surface area contributed by atoms with Crippen LogP contribution in [0.15, 0.2) is 36.5 Å². The number of nitrogens with zero attached hydrogens (tertiary/aromatic N) is 4. The van der Waals surface area contributed by atoms with Crippen molar-refractivity contribution in [3.63, 3.8) is 0 Å². The van der Waals surface area contributed by atoms with Crippen molar-refractivity contribution in [2.24, 2.45) is 11.8 Å². The Morgan fingerprint density at radius 1 is 1.09 bits per heavy atom. The molecule has 3 fully saturated rings. The van der Waals surface area contributed by atoms with Crippen molar-refractivity contribution < 1.29 is 41.3 Å². The number of ether oxygens (including phenoxy) is 2. The summed E-state index contributed by atoms with van der Waals surface area (Å²) in [6, 6.07) is 11.5. The summed E-state index contributed by atoms with van der Waals surface area (Å²) < 4.78 is 77.4. The van der Waals surface area contributed by atoms with Gasteiger partial charge in [0.2, 0.25) is 5.88 Å². The zero-order valence-corrected chi connectivity index (χ0v) is 25.7. The molecule has 3 heterocycles. The zero-order valence-electron chi connectivity index (χ0n) is 25.7. The summed E-state index contributed by atoms with van der Waals surface area (Å²) in [7, 11) is 1.54. The molecule has 1 N–H and O–H groups in total. The van der Waals surface area contributed by atoms with Crippen LogP contribution in [0, 0.1) is 23.2 Å². The number of methoxy groups -OCH3 is 1. The summed E-state index contributed by atoms with van der Waals surface area (Å²) in [5, 5.41) is 19.7. The first-order valence-electron chi connectivity index (χ1n) is 15.7. The number of halogens is 5. The number of aliphatic carboxylic acids is 1. The Kier molecular flexibility index (Phi) is 9.96. The molecule has 1 aromatic carbocycles. The summed E-state index contributed by atoms with van der Waals surface area (Å²) in [6.45, 7) is 0.230. The van der Waals surface area contributed by atoms with Gasteiger partial charge in [0.1, 0.15) is 5.75 Å². The molecule has 1 unspecified atom stereocenters. The van der Waals surface area contributed by atoms with Crippen molar-refractivity contribution in [3.05, 3.63) is 47.7 Å². The Labute approximate surface area is 265 Å². The number of piperidine rings is 2. The first-order valence-corrected chi connectivity index (χ1v) is 15.7. The lowest BCUT2D eigenvalue weighted by Crippen LogP contribution is -2.51. The predicted octanol–water partition coefficient (Wildman–Crippen LogP) is 6.41. The molecule has 1 aromatic heterocycles. The third-order valence-electron chi connectivity index (χ3n) is 9.68. The van der Waals surface area contributed by atoms with Crippen molar-refractivity contribution >= 4 is 11.7 Å². The molecule has 250 valence electrons. The van der Waals surface area contributed by atoms with Gasteiger partial charge in [0.15, 0.2) is 0 Å². The second kappa shape index (κ2) is 13.6. The summed E-state index contributed by atoms with van der Waals surface area (Å²) in [4.78, 5) is 19.0. The number of rotatable bonds is 12. The Bertz CT molecular complexity index is 1410. The van der Waals surface area contributed by atoms with E-state index in [1.165, 1.54) is 0 Å². The van der Waals surface area contributed by atoms with Gasteiger partial charge in [-0.05, 0) is 79.5 Å². The van der Waals surface area contributed by atoms with Gasteiger partial charge in [-0.25, -0.2) is 4.98 Å². The molecule has 1 saturated carbocycles. The lowest BCUT2D eigenvalue weighted by Gasteiger charge is -2.42. The molecule has 0 radical (unpaired) electrons. The van der Waals surface area contributed by atoms with Gasteiger partial charge in [-0.15, -0.1) is 0 Å². The van der Waals surface area contributed by atoms with Crippen LogP contribution >= 0.6 is 0 Å². The van der Waals surface area contributed by atoms with Crippen LogP contribution in [0.25, 0.3) is 0 Å². The average Bonchev–Trinajstić information content (AvgIpc) is 3.88. The third kappa shape index (κ3) is 7.65. The highest BCUT2D eigenvalue weighted by Crippen LogP contribution is 2.46. The number of nitriles is 1. The lowest BCUT2D eigenvalue weighted by atomic mass is 9.73. The Morgan fingerprint density at radius 2 is 1.78 bits per heavy atom. The first-order chi connectivity index (χ1) is 21.8. The number of carboxylic acid groups (broad SMARTS) is 1. The van der Waals surface area contributed by atoms with Gasteiger partial charge in [0, 0.05) is 50.2 Å². The minimum Gasteiger partial charge on any atom is -0.497 e. The Hall–Kier alpha value is -3.66. The predicted molar refractivity (Wildman–Crippen MR) is 159 cm³/mol. The number of hydrogen-bond acceptors (Lipinski definition) is 7. The van der Waals surface area contributed by atoms with Crippen molar-refractivity contribution in [1.29, 1.82) is 5.26 Å². The third-order valence-corrected chi connectivity index (χ3v) is 9.68. The molecule has 0 amide bonds. The number of anilines is 1. The minimum absolute atomic E-state index is 0.0482. The summed E-state index contributed by atoms with van der Waals surface area (Å²) >= 11 is 0. The monoisotopic (exact) mass is 650 g/mol. The highest BCUT2D eigenvalue weighted by molar-refractivity contribution is 5.68. The van der Waals surface area contributed by atoms with E-state index in [1.54, 1.807) is 19.4 Å². The second-order valence-electron chi connectivity index (χ2n) is 12.8. The van der Waals surface area contributed by atoms with Crippen LogP contribution in [0.2, 0.25) is 0 Å². The number of benzene rings is 1. The molecular formula is C33H39F5N4O4. The molecule has 2 saturated heterocycles. The molecular weight excluding hydrogens is 611 g/mol. The maximum Gasteiger partial charge on any atom is 0.454 e. The summed E-state index contributed by atoms with van der Waals surface area (Å²) in [6.07, 6.45) is 0.00296. The van der Waals surface area contributed by atoms with Crippen molar-refractivity contribution in [3.8, 4) is 17.7 Å². The molecule has 13 heteroatoms. The van der Waals surface area contributed by atoms with E-state index >= 15 is 0 Å². The van der Waals surface area contributed by atoms with Crippen LogP contribution in [0.4, 0.5) is 27.6 Å². The number of carbonyl (C=O) groups is 1. The molecule has 46 heavy (non-hydrogen) atoms. The standard InChI is InChI=1S/C33H39F5N4O4/c1-45-25-4-5-27(31(20-39)9-14-41(15-10-31)21-32(34,35)33(36,37)38)28(17-25)42-12-7-22(8-13-42)19-46-29-16-24(6-11-40-29)26(18-30(43)44)23-2-3-23/h4-6,11,16-17,22-23,26H,2-3,7-10,12-15,18-19,21H2,1H3,(H,43,44). The molecule has 2 aromatic rings. The molecule has 1 aliphatic carbocycles. The Balaban J connectivity index is 1.22. The maximum absolute atomic E-state index is 13.7. The fourth-order valence-corrected chi connectivity index (χ4v) is 6.73. The van der Waals surface area contributed by atoms with Gasteiger partial charge in [-0.2, -0.15) is 27.2 Å². The largest absolute Gasteiger partial charge is 0.497 e. The van der Waals surface area contributed by atoms with E-state index in [9.17, 15) is 37.1 Å². The molecule has 0 spiro atoms. The number of likely N-dealkylation sites (tertiary alicyclic amines) is 1. The summed E-state index contributed by atoms with van der Waals surface area (Å²) in [5.41, 5.74) is 1.41. The fraction of sp³-hybridized carbons (Fsp3) is 0.606.